The van der Waals surface area contributed by atoms with Gasteiger partial charge in [0.25, 0.3) is 0 Å². The molecular weight excluding hydrogens is 434 g/mol. The molecule has 0 aromatic carbocycles. The van der Waals surface area contributed by atoms with Crippen LogP contribution in [0.5, 0.6) is 0 Å². The standard InChI is InChI=1S/C18H26ClN5O7/c1-5-29-13(26)9-23(8-12(4)25)17-20-16(19)21-18(22-17)24(10-14(27)30-6-2)11-15(28)31-7-3/h5-11H2,1-4H3. The van der Waals surface area contributed by atoms with Gasteiger partial charge in [0.15, 0.2) is 0 Å². The van der Waals surface area contributed by atoms with E-state index in [9.17, 15) is 19.2 Å². The van der Waals surface area contributed by atoms with E-state index in [1.54, 1.807) is 20.8 Å². The van der Waals surface area contributed by atoms with Crippen LogP contribution in [0.3, 0.4) is 0 Å². The Morgan fingerprint density at radius 3 is 1.39 bits per heavy atom. The van der Waals surface area contributed by atoms with Gasteiger partial charge >= 0.3 is 17.9 Å². The van der Waals surface area contributed by atoms with Gasteiger partial charge in [-0.3, -0.25) is 19.2 Å². The first kappa shape index (κ1) is 26.0. The quantitative estimate of drug-likeness (QED) is 0.298. The van der Waals surface area contributed by atoms with E-state index in [0.717, 1.165) is 0 Å². The number of carbonyl (C=O) groups is 4. The lowest BCUT2D eigenvalue weighted by molar-refractivity contribution is -0.143. The van der Waals surface area contributed by atoms with Crippen molar-refractivity contribution in [2.24, 2.45) is 0 Å². The molecule has 1 rings (SSSR count). The Labute approximate surface area is 184 Å². The first-order valence-corrected chi connectivity index (χ1v) is 9.95. The lowest BCUT2D eigenvalue weighted by Gasteiger charge is -2.24. The Bertz CT molecular complexity index is 773. The van der Waals surface area contributed by atoms with Crippen LogP contribution in [0.2, 0.25) is 5.28 Å². The van der Waals surface area contributed by atoms with Gasteiger partial charge in [-0.15, -0.1) is 0 Å². The fourth-order valence-corrected chi connectivity index (χ4v) is 2.51. The molecule has 1 aromatic heterocycles. The number of hydrogen-bond donors (Lipinski definition) is 0. The summed E-state index contributed by atoms with van der Waals surface area (Å²) in [5.41, 5.74) is 0. The Hall–Kier alpha value is -3.02. The van der Waals surface area contributed by atoms with Gasteiger partial charge in [-0.1, -0.05) is 0 Å². The second kappa shape index (κ2) is 13.3. The number of ether oxygens (including phenoxy) is 3. The van der Waals surface area contributed by atoms with Crippen molar-refractivity contribution in [2.75, 3.05) is 55.8 Å². The summed E-state index contributed by atoms with van der Waals surface area (Å²) >= 11 is 6.02. The summed E-state index contributed by atoms with van der Waals surface area (Å²) in [6.45, 7) is 5.45. The largest absolute Gasteiger partial charge is 0.465 e. The zero-order chi connectivity index (χ0) is 23.4. The van der Waals surface area contributed by atoms with Crippen molar-refractivity contribution < 1.29 is 33.4 Å². The van der Waals surface area contributed by atoms with Gasteiger partial charge in [0.1, 0.15) is 25.4 Å². The zero-order valence-corrected chi connectivity index (χ0v) is 18.7. The van der Waals surface area contributed by atoms with Crippen LogP contribution in [0.4, 0.5) is 11.9 Å². The number of halogens is 1. The molecule has 13 heteroatoms. The van der Waals surface area contributed by atoms with Crippen molar-refractivity contribution in [3.63, 3.8) is 0 Å². The molecule has 0 aliphatic heterocycles. The average molecular weight is 460 g/mol. The highest BCUT2D eigenvalue weighted by Gasteiger charge is 2.24. The van der Waals surface area contributed by atoms with Crippen LogP contribution in [-0.2, 0) is 33.4 Å². The summed E-state index contributed by atoms with van der Waals surface area (Å²) in [5, 5.41) is -0.268. The number of rotatable bonds is 13. The number of carbonyl (C=O) groups excluding carboxylic acids is 4. The van der Waals surface area contributed by atoms with Crippen molar-refractivity contribution in [1.82, 2.24) is 15.0 Å². The molecule has 1 heterocycles. The van der Waals surface area contributed by atoms with Gasteiger partial charge in [-0.2, -0.15) is 15.0 Å². The minimum Gasteiger partial charge on any atom is -0.465 e. The Kier molecular flexibility index (Phi) is 11.2. The lowest BCUT2D eigenvalue weighted by Crippen LogP contribution is -2.39. The summed E-state index contributed by atoms with van der Waals surface area (Å²) in [7, 11) is 0. The fraction of sp³-hybridized carbons (Fsp3) is 0.611. The summed E-state index contributed by atoms with van der Waals surface area (Å²) in [6, 6.07) is 0. The van der Waals surface area contributed by atoms with Gasteiger partial charge < -0.3 is 24.0 Å². The molecule has 0 aliphatic rings. The van der Waals surface area contributed by atoms with Crippen LogP contribution >= 0.6 is 11.6 Å². The summed E-state index contributed by atoms with van der Waals surface area (Å²) in [6.07, 6.45) is 0. The Morgan fingerprint density at radius 1 is 0.710 bits per heavy atom. The van der Waals surface area contributed by atoms with Crippen LogP contribution in [0.1, 0.15) is 27.7 Å². The summed E-state index contributed by atoms with van der Waals surface area (Å²) in [5.74, 6) is -2.35. The molecule has 0 atom stereocenters. The molecular formula is C18H26ClN5O7. The number of aromatic nitrogens is 3. The summed E-state index contributed by atoms with van der Waals surface area (Å²) in [4.78, 5) is 62.2. The normalized spacial score (nSPS) is 10.2. The summed E-state index contributed by atoms with van der Waals surface area (Å²) < 4.78 is 14.8. The first-order chi connectivity index (χ1) is 14.7. The molecule has 12 nitrogen and oxygen atoms in total. The smallest absolute Gasteiger partial charge is 0.325 e. The van der Waals surface area contributed by atoms with Crippen molar-refractivity contribution in [3.8, 4) is 0 Å². The number of Topliss-reactive ketones (excluding diaryl/α,β-unsaturated/α-hetero) is 1. The van der Waals surface area contributed by atoms with Gasteiger partial charge in [0, 0.05) is 0 Å². The number of nitrogens with zero attached hydrogens (tertiary/aromatic N) is 5. The number of esters is 3. The van der Waals surface area contributed by atoms with Gasteiger partial charge in [0.05, 0.1) is 26.4 Å². The van der Waals surface area contributed by atoms with Crippen LogP contribution in [0.15, 0.2) is 0 Å². The molecule has 0 fully saturated rings. The topological polar surface area (TPSA) is 141 Å². The Morgan fingerprint density at radius 2 is 1.06 bits per heavy atom. The molecule has 0 saturated carbocycles. The van der Waals surface area contributed by atoms with Gasteiger partial charge in [0.2, 0.25) is 17.2 Å². The third-order valence-electron chi connectivity index (χ3n) is 3.44. The minimum absolute atomic E-state index is 0.101. The highest BCUT2D eigenvalue weighted by Crippen LogP contribution is 2.17. The van der Waals surface area contributed by atoms with E-state index >= 15 is 0 Å². The molecule has 0 aliphatic carbocycles. The van der Waals surface area contributed by atoms with E-state index in [0.29, 0.717) is 0 Å². The first-order valence-electron chi connectivity index (χ1n) is 9.57. The molecule has 0 unspecified atom stereocenters. The fourth-order valence-electron chi connectivity index (χ4n) is 2.36. The molecule has 0 saturated heterocycles. The maximum atomic E-state index is 12.0. The predicted molar refractivity (Wildman–Crippen MR) is 110 cm³/mol. The number of ketones is 1. The van der Waals surface area contributed by atoms with E-state index in [4.69, 9.17) is 25.8 Å². The molecule has 0 spiro atoms. The molecule has 0 radical (unpaired) electrons. The van der Waals surface area contributed by atoms with Crippen LogP contribution in [0, 0.1) is 0 Å². The second-order valence-electron chi connectivity index (χ2n) is 6.03. The van der Waals surface area contributed by atoms with Crippen molar-refractivity contribution in [3.05, 3.63) is 5.28 Å². The van der Waals surface area contributed by atoms with Gasteiger partial charge in [-0.05, 0) is 39.3 Å². The van der Waals surface area contributed by atoms with Crippen molar-refractivity contribution in [1.29, 1.82) is 0 Å². The SMILES string of the molecule is CCOC(=O)CN(CC(C)=O)c1nc(Cl)nc(N(CC(=O)OCC)CC(=O)OCC)n1. The molecule has 0 amide bonds. The molecule has 0 bridgehead atoms. The molecule has 1 aromatic rings. The van der Waals surface area contributed by atoms with Crippen LogP contribution in [-0.4, -0.2) is 84.6 Å². The highest BCUT2D eigenvalue weighted by molar-refractivity contribution is 6.28. The molecule has 0 N–H and O–H groups in total. The maximum absolute atomic E-state index is 12.0. The van der Waals surface area contributed by atoms with Crippen molar-refractivity contribution in [2.45, 2.75) is 27.7 Å². The minimum atomic E-state index is -0.628. The number of anilines is 2. The van der Waals surface area contributed by atoms with E-state index in [-0.39, 0.29) is 69.0 Å². The monoisotopic (exact) mass is 459 g/mol. The van der Waals surface area contributed by atoms with Crippen LogP contribution < -0.4 is 9.80 Å². The van der Waals surface area contributed by atoms with Crippen LogP contribution in [0.25, 0.3) is 0 Å². The van der Waals surface area contributed by atoms with E-state index in [1.165, 1.54) is 16.7 Å². The Balaban J connectivity index is 3.29. The third kappa shape index (κ3) is 9.55. The second-order valence-corrected chi connectivity index (χ2v) is 6.37. The molecule has 172 valence electrons. The third-order valence-corrected chi connectivity index (χ3v) is 3.61. The average Bonchev–Trinajstić information content (AvgIpc) is 2.66. The number of hydrogen-bond acceptors (Lipinski definition) is 12. The van der Waals surface area contributed by atoms with E-state index in [1.807, 2.05) is 0 Å². The zero-order valence-electron chi connectivity index (χ0n) is 17.9. The van der Waals surface area contributed by atoms with E-state index < -0.39 is 17.9 Å². The van der Waals surface area contributed by atoms with Crippen molar-refractivity contribution >= 4 is 47.2 Å². The maximum Gasteiger partial charge on any atom is 0.325 e. The molecule has 31 heavy (non-hydrogen) atoms. The highest BCUT2D eigenvalue weighted by atomic mass is 35.5. The van der Waals surface area contributed by atoms with E-state index in [2.05, 4.69) is 15.0 Å². The van der Waals surface area contributed by atoms with Gasteiger partial charge in [-0.25, -0.2) is 0 Å². The predicted octanol–water partition coefficient (Wildman–Crippen LogP) is 0.416. The lowest BCUT2D eigenvalue weighted by atomic mass is 10.4.